The third kappa shape index (κ3) is 1.56. The highest BCUT2D eigenvalue weighted by Crippen LogP contribution is 2.21. The van der Waals surface area contributed by atoms with Gasteiger partial charge in [-0.1, -0.05) is 0 Å². The Morgan fingerprint density at radius 3 is 2.50 bits per heavy atom. The Morgan fingerprint density at radius 2 is 2.00 bits per heavy atom. The quantitative estimate of drug-likeness (QED) is 0.629. The van der Waals surface area contributed by atoms with Gasteiger partial charge in [0.05, 0.1) is 14.2 Å². The molecule has 0 saturated carbocycles. The van der Waals surface area contributed by atoms with Crippen LogP contribution in [-0.4, -0.2) is 37.3 Å². The maximum Gasteiger partial charge on any atom is 0.362 e. The van der Waals surface area contributed by atoms with Crippen LogP contribution in [0.4, 0.5) is 0 Å². The van der Waals surface area contributed by atoms with Gasteiger partial charge in [0.1, 0.15) is 0 Å². The van der Waals surface area contributed by atoms with E-state index in [9.17, 15) is 14.7 Å². The van der Waals surface area contributed by atoms with Gasteiger partial charge in [0.15, 0.2) is 5.76 Å². The van der Waals surface area contributed by atoms with Gasteiger partial charge in [-0.05, 0) is 0 Å². The minimum atomic E-state index is -1.26. The molecule has 1 aliphatic rings. The molecule has 0 aromatic rings. The van der Waals surface area contributed by atoms with Crippen LogP contribution < -0.4 is 0 Å². The fourth-order valence-corrected chi connectivity index (χ4v) is 0.863. The number of methoxy groups -OCH3 is 2. The maximum atomic E-state index is 11.0. The second-order valence-corrected chi connectivity index (χ2v) is 2.37. The lowest BCUT2D eigenvalue weighted by Crippen LogP contribution is -2.21. The average molecular weight is 200 g/mol. The van der Waals surface area contributed by atoms with Gasteiger partial charge in [-0.2, -0.15) is 5.11 Å². The third-order valence-electron chi connectivity index (χ3n) is 1.58. The number of carbonyl (C=O) groups is 2. The van der Waals surface area contributed by atoms with Crippen LogP contribution in [0.3, 0.4) is 0 Å². The fourth-order valence-electron chi connectivity index (χ4n) is 0.863. The Balaban J connectivity index is 2.91. The summed E-state index contributed by atoms with van der Waals surface area (Å²) in [6.07, 6.45) is 0. The van der Waals surface area contributed by atoms with Crippen LogP contribution in [0.1, 0.15) is 0 Å². The van der Waals surface area contributed by atoms with Gasteiger partial charge < -0.3 is 14.6 Å². The van der Waals surface area contributed by atoms with E-state index in [2.05, 4.69) is 19.7 Å². The van der Waals surface area contributed by atoms with Crippen LogP contribution in [0.5, 0.6) is 0 Å². The first-order valence-corrected chi connectivity index (χ1v) is 3.62. The molecule has 0 saturated heterocycles. The zero-order valence-electron chi connectivity index (χ0n) is 7.55. The van der Waals surface area contributed by atoms with Gasteiger partial charge in [0, 0.05) is 0 Å². The highest BCUT2D eigenvalue weighted by atomic mass is 16.5. The molecule has 0 spiro atoms. The zero-order chi connectivity index (χ0) is 10.7. The van der Waals surface area contributed by atoms with Gasteiger partial charge in [-0.3, -0.25) is 0 Å². The summed E-state index contributed by atoms with van der Waals surface area (Å²) in [7, 11) is 2.27. The summed E-state index contributed by atoms with van der Waals surface area (Å²) in [5.74, 6) is -2.19. The lowest BCUT2D eigenvalue weighted by molar-refractivity contribution is -0.141. The fraction of sp³-hybridized carbons (Fsp3) is 0.429. The summed E-state index contributed by atoms with van der Waals surface area (Å²) >= 11 is 0. The Morgan fingerprint density at radius 1 is 1.36 bits per heavy atom. The Bertz CT molecular complexity index is 333. The summed E-state index contributed by atoms with van der Waals surface area (Å²) < 4.78 is 8.63. The van der Waals surface area contributed by atoms with E-state index >= 15 is 0 Å². The highest BCUT2D eigenvalue weighted by molar-refractivity contribution is 5.91. The predicted molar refractivity (Wildman–Crippen MR) is 42.3 cm³/mol. The van der Waals surface area contributed by atoms with Crippen molar-refractivity contribution in [2.75, 3.05) is 14.2 Å². The van der Waals surface area contributed by atoms with E-state index in [1.54, 1.807) is 0 Å². The number of aliphatic hydroxyl groups is 1. The van der Waals surface area contributed by atoms with Crippen molar-refractivity contribution in [3.05, 3.63) is 11.5 Å². The summed E-state index contributed by atoms with van der Waals surface area (Å²) in [5, 5.41) is 16.0. The van der Waals surface area contributed by atoms with E-state index in [1.165, 1.54) is 0 Å². The van der Waals surface area contributed by atoms with Crippen LogP contribution in [0.2, 0.25) is 0 Å². The first kappa shape index (κ1) is 10.2. The van der Waals surface area contributed by atoms with Gasteiger partial charge in [0.2, 0.25) is 11.7 Å². The second-order valence-electron chi connectivity index (χ2n) is 2.37. The second kappa shape index (κ2) is 3.86. The third-order valence-corrected chi connectivity index (χ3v) is 1.58. The average Bonchev–Trinajstić information content (AvgIpc) is 2.58. The summed E-state index contributed by atoms with van der Waals surface area (Å²) in [5.41, 5.74) is -0.372. The van der Waals surface area contributed by atoms with Crippen molar-refractivity contribution in [1.82, 2.24) is 0 Å². The minimum absolute atomic E-state index is 0.372. The number of hydrogen-bond donors (Lipinski definition) is 1. The molecule has 0 aromatic carbocycles. The van der Waals surface area contributed by atoms with E-state index in [1.807, 2.05) is 0 Å². The molecule has 0 fully saturated rings. The van der Waals surface area contributed by atoms with Gasteiger partial charge in [-0.15, -0.1) is 5.11 Å². The van der Waals surface area contributed by atoms with Crippen molar-refractivity contribution >= 4 is 11.9 Å². The summed E-state index contributed by atoms with van der Waals surface area (Å²) in [6.45, 7) is 0. The molecule has 0 amide bonds. The van der Waals surface area contributed by atoms with Crippen molar-refractivity contribution < 1.29 is 24.2 Å². The molecule has 0 aromatic heterocycles. The van der Waals surface area contributed by atoms with Crippen LogP contribution in [-0.2, 0) is 19.1 Å². The molecular formula is C7H8N2O5. The zero-order valence-corrected chi connectivity index (χ0v) is 7.55. The number of ether oxygens (including phenoxy) is 2. The topological polar surface area (TPSA) is 97.5 Å². The molecule has 0 aliphatic carbocycles. The van der Waals surface area contributed by atoms with Gasteiger partial charge >= 0.3 is 11.9 Å². The van der Waals surface area contributed by atoms with E-state index in [-0.39, 0.29) is 5.70 Å². The summed E-state index contributed by atoms with van der Waals surface area (Å²) in [4.78, 5) is 21.9. The van der Waals surface area contributed by atoms with E-state index in [4.69, 9.17) is 0 Å². The van der Waals surface area contributed by atoms with Crippen molar-refractivity contribution in [2.45, 2.75) is 6.04 Å². The van der Waals surface area contributed by atoms with Crippen molar-refractivity contribution in [2.24, 2.45) is 10.2 Å². The van der Waals surface area contributed by atoms with Gasteiger partial charge in [0.25, 0.3) is 0 Å². The number of rotatable bonds is 2. The number of esters is 2. The molecule has 0 radical (unpaired) electrons. The SMILES string of the molecule is COC(=O)C1=C(O)[C@@H](C(=O)OC)N=N1. The Hall–Kier alpha value is -1.92. The van der Waals surface area contributed by atoms with Crippen molar-refractivity contribution in [3.63, 3.8) is 0 Å². The Labute approximate surface area is 79.0 Å². The highest BCUT2D eigenvalue weighted by Gasteiger charge is 2.34. The van der Waals surface area contributed by atoms with Crippen LogP contribution in [0.15, 0.2) is 21.7 Å². The van der Waals surface area contributed by atoms with E-state index < -0.39 is 23.7 Å². The molecule has 76 valence electrons. The van der Waals surface area contributed by atoms with Crippen LogP contribution in [0, 0.1) is 0 Å². The summed E-state index contributed by atoms with van der Waals surface area (Å²) in [6, 6.07) is -1.26. The van der Waals surface area contributed by atoms with E-state index in [0.717, 1.165) is 14.2 Å². The smallest absolute Gasteiger partial charge is 0.362 e. The maximum absolute atomic E-state index is 11.0. The largest absolute Gasteiger partial charge is 0.507 e. The molecule has 1 N–H and O–H groups in total. The lowest BCUT2D eigenvalue weighted by atomic mass is 10.2. The molecule has 1 atom stereocenters. The predicted octanol–water partition coefficient (Wildman–Crippen LogP) is -0.0636. The number of aliphatic hydroxyl groups excluding tert-OH is 1. The lowest BCUT2D eigenvalue weighted by Gasteiger charge is -2.02. The molecule has 1 aliphatic heterocycles. The number of carbonyl (C=O) groups excluding carboxylic acids is 2. The number of azo groups is 1. The molecule has 14 heavy (non-hydrogen) atoms. The molecular weight excluding hydrogens is 192 g/mol. The minimum Gasteiger partial charge on any atom is -0.507 e. The number of hydrogen-bond acceptors (Lipinski definition) is 7. The molecule has 7 heteroatoms. The van der Waals surface area contributed by atoms with Crippen LogP contribution in [0.25, 0.3) is 0 Å². The first-order valence-electron chi connectivity index (χ1n) is 3.62. The van der Waals surface area contributed by atoms with Crippen molar-refractivity contribution in [3.8, 4) is 0 Å². The van der Waals surface area contributed by atoms with Crippen LogP contribution >= 0.6 is 0 Å². The normalized spacial score (nSPS) is 19.7. The molecule has 1 heterocycles. The Kier molecular flexibility index (Phi) is 2.80. The molecule has 0 bridgehead atoms. The van der Waals surface area contributed by atoms with Gasteiger partial charge in [-0.25, -0.2) is 9.59 Å². The monoisotopic (exact) mass is 200 g/mol. The first-order chi connectivity index (χ1) is 6.61. The molecule has 0 unspecified atom stereocenters. The standard InChI is InChI=1S/C7H8N2O5/c1-13-6(11)3-5(10)4(9-8-3)7(12)14-2/h3,10H,1-2H3/t3-/m0/s1. The molecule has 1 rings (SSSR count). The number of nitrogens with zero attached hydrogens (tertiary/aromatic N) is 2. The van der Waals surface area contributed by atoms with Crippen molar-refractivity contribution in [1.29, 1.82) is 0 Å². The molecule has 7 nitrogen and oxygen atoms in total. The van der Waals surface area contributed by atoms with E-state index in [0.29, 0.717) is 0 Å².